The van der Waals surface area contributed by atoms with Crippen molar-refractivity contribution < 1.29 is 9.84 Å². The van der Waals surface area contributed by atoms with Crippen molar-refractivity contribution >= 4 is 15.9 Å². The number of hydrogen-bond donors (Lipinski definition) is 1. The first kappa shape index (κ1) is 15.1. The summed E-state index contributed by atoms with van der Waals surface area (Å²) in [4.78, 5) is 0. The Morgan fingerprint density at radius 2 is 1.90 bits per heavy atom. The maximum absolute atomic E-state index is 10.3. The summed E-state index contributed by atoms with van der Waals surface area (Å²) in [6.07, 6.45) is 1.07. The summed E-state index contributed by atoms with van der Waals surface area (Å²) in [6.45, 7) is 2.78. The van der Waals surface area contributed by atoms with Crippen LogP contribution in [0.4, 0.5) is 0 Å². The molecule has 0 heterocycles. The second kappa shape index (κ2) is 7.46. The predicted octanol–water partition coefficient (Wildman–Crippen LogP) is 4.51. The van der Waals surface area contributed by atoms with Gasteiger partial charge in [0.05, 0.1) is 12.7 Å². The average Bonchev–Trinajstić information content (AvgIpc) is 2.48. The monoisotopic (exact) mass is 334 g/mol. The molecular weight excluding hydrogens is 316 g/mol. The van der Waals surface area contributed by atoms with Gasteiger partial charge in [0, 0.05) is 10.9 Å². The van der Waals surface area contributed by atoms with Gasteiger partial charge >= 0.3 is 0 Å². The summed E-state index contributed by atoms with van der Waals surface area (Å²) in [5, 5.41) is 10.3. The van der Waals surface area contributed by atoms with Crippen molar-refractivity contribution in [2.75, 3.05) is 6.61 Å². The molecule has 2 aromatic rings. The van der Waals surface area contributed by atoms with Gasteiger partial charge < -0.3 is 9.84 Å². The van der Waals surface area contributed by atoms with Gasteiger partial charge in [-0.1, -0.05) is 47.1 Å². The van der Waals surface area contributed by atoms with E-state index in [0.29, 0.717) is 13.0 Å². The van der Waals surface area contributed by atoms with Gasteiger partial charge in [0.2, 0.25) is 0 Å². The highest BCUT2D eigenvalue weighted by molar-refractivity contribution is 9.10. The number of ether oxygens (including phenoxy) is 1. The van der Waals surface area contributed by atoms with Gasteiger partial charge in [0.15, 0.2) is 0 Å². The second-order valence-corrected chi connectivity index (χ2v) is 5.68. The maximum Gasteiger partial charge on any atom is 0.119 e. The largest absolute Gasteiger partial charge is 0.494 e. The lowest BCUT2D eigenvalue weighted by atomic mass is 10.0. The molecule has 0 fully saturated rings. The maximum atomic E-state index is 10.3. The SMILES string of the molecule is CCCOc1cccc(C(O)Cc2ccc(Br)cc2)c1. The Bertz CT molecular complexity index is 537. The summed E-state index contributed by atoms with van der Waals surface area (Å²) < 4.78 is 6.64. The average molecular weight is 335 g/mol. The van der Waals surface area contributed by atoms with Crippen LogP contribution in [0.3, 0.4) is 0 Å². The van der Waals surface area contributed by atoms with Crippen LogP contribution in [0.5, 0.6) is 5.75 Å². The minimum absolute atomic E-state index is 0.513. The van der Waals surface area contributed by atoms with Crippen molar-refractivity contribution in [3.8, 4) is 5.75 Å². The highest BCUT2D eigenvalue weighted by Crippen LogP contribution is 2.23. The molecule has 0 radical (unpaired) electrons. The molecule has 0 aliphatic carbocycles. The smallest absolute Gasteiger partial charge is 0.119 e. The highest BCUT2D eigenvalue weighted by atomic mass is 79.9. The molecule has 0 aliphatic heterocycles. The van der Waals surface area contributed by atoms with Gasteiger partial charge in [-0.25, -0.2) is 0 Å². The molecule has 0 aromatic heterocycles. The lowest BCUT2D eigenvalue weighted by Gasteiger charge is -2.13. The molecule has 2 aromatic carbocycles. The van der Waals surface area contributed by atoms with Gasteiger partial charge in [-0.05, 0) is 41.8 Å². The van der Waals surface area contributed by atoms with Crippen molar-refractivity contribution in [3.63, 3.8) is 0 Å². The van der Waals surface area contributed by atoms with E-state index in [9.17, 15) is 5.11 Å². The van der Waals surface area contributed by atoms with E-state index < -0.39 is 6.10 Å². The van der Waals surface area contributed by atoms with Crippen LogP contribution in [-0.4, -0.2) is 11.7 Å². The van der Waals surface area contributed by atoms with Crippen molar-refractivity contribution in [3.05, 3.63) is 64.1 Å². The quantitative estimate of drug-likeness (QED) is 0.841. The molecule has 1 N–H and O–H groups in total. The van der Waals surface area contributed by atoms with Gasteiger partial charge in [-0.2, -0.15) is 0 Å². The standard InChI is InChI=1S/C17H19BrO2/c1-2-10-20-16-5-3-4-14(12-16)17(19)11-13-6-8-15(18)9-7-13/h3-9,12,17,19H,2,10-11H2,1H3. The topological polar surface area (TPSA) is 29.5 Å². The number of aliphatic hydroxyl groups excluding tert-OH is 1. The first-order valence-corrected chi connectivity index (χ1v) is 7.63. The van der Waals surface area contributed by atoms with E-state index in [-0.39, 0.29) is 0 Å². The second-order valence-electron chi connectivity index (χ2n) is 4.77. The van der Waals surface area contributed by atoms with E-state index in [0.717, 1.165) is 27.8 Å². The zero-order valence-corrected chi connectivity index (χ0v) is 13.1. The fraction of sp³-hybridized carbons (Fsp3) is 0.294. The van der Waals surface area contributed by atoms with E-state index in [2.05, 4.69) is 22.9 Å². The van der Waals surface area contributed by atoms with Crippen molar-refractivity contribution in [2.24, 2.45) is 0 Å². The summed E-state index contributed by atoms with van der Waals surface area (Å²) in [5.41, 5.74) is 2.00. The van der Waals surface area contributed by atoms with Crippen LogP contribution in [0, 0.1) is 0 Å². The molecule has 0 saturated carbocycles. The third-order valence-corrected chi connectivity index (χ3v) is 3.59. The Morgan fingerprint density at radius 1 is 1.15 bits per heavy atom. The van der Waals surface area contributed by atoms with E-state index in [1.807, 2.05) is 48.5 Å². The fourth-order valence-corrected chi connectivity index (χ4v) is 2.26. The zero-order chi connectivity index (χ0) is 14.4. The highest BCUT2D eigenvalue weighted by Gasteiger charge is 2.09. The van der Waals surface area contributed by atoms with Gasteiger partial charge in [-0.3, -0.25) is 0 Å². The summed E-state index contributed by atoms with van der Waals surface area (Å²) in [7, 11) is 0. The van der Waals surface area contributed by atoms with Gasteiger partial charge in [0.25, 0.3) is 0 Å². The summed E-state index contributed by atoms with van der Waals surface area (Å²) in [5.74, 6) is 0.819. The number of benzene rings is 2. The first-order valence-electron chi connectivity index (χ1n) is 6.84. The van der Waals surface area contributed by atoms with Crippen LogP contribution in [-0.2, 0) is 6.42 Å². The van der Waals surface area contributed by atoms with Crippen molar-refractivity contribution in [2.45, 2.75) is 25.9 Å². The lowest BCUT2D eigenvalue weighted by molar-refractivity contribution is 0.178. The van der Waals surface area contributed by atoms with Crippen LogP contribution in [0.25, 0.3) is 0 Å². The molecular formula is C17H19BrO2. The van der Waals surface area contributed by atoms with E-state index in [1.165, 1.54) is 0 Å². The molecule has 0 bridgehead atoms. The molecule has 0 amide bonds. The first-order chi connectivity index (χ1) is 9.69. The molecule has 3 heteroatoms. The minimum atomic E-state index is -0.513. The molecule has 2 nitrogen and oxygen atoms in total. The van der Waals surface area contributed by atoms with Crippen molar-refractivity contribution in [1.29, 1.82) is 0 Å². The predicted molar refractivity (Wildman–Crippen MR) is 85.0 cm³/mol. The fourth-order valence-electron chi connectivity index (χ4n) is 1.99. The Labute approximate surface area is 128 Å². The van der Waals surface area contributed by atoms with Crippen LogP contribution in [0.1, 0.15) is 30.6 Å². The van der Waals surface area contributed by atoms with Gasteiger partial charge in [-0.15, -0.1) is 0 Å². The summed E-state index contributed by atoms with van der Waals surface area (Å²) >= 11 is 3.41. The van der Waals surface area contributed by atoms with Crippen LogP contribution in [0.2, 0.25) is 0 Å². The zero-order valence-electron chi connectivity index (χ0n) is 11.6. The molecule has 1 atom stereocenters. The Hall–Kier alpha value is -1.32. The number of rotatable bonds is 6. The number of aliphatic hydroxyl groups is 1. The third kappa shape index (κ3) is 4.36. The van der Waals surface area contributed by atoms with E-state index in [1.54, 1.807) is 0 Å². The molecule has 1 unspecified atom stereocenters. The molecule has 2 rings (SSSR count). The number of hydrogen-bond acceptors (Lipinski definition) is 2. The minimum Gasteiger partial charge on any atom is -0.494 e. The third-order valence-electron chi connectivity index (χ3n) is 3.06. The Morgan fingerprint density at radius 3 is 2.60 bits per heavy atom. The molecule has 0 saturated heterocycles. The molecule has 20 heavy (non-hydrogen) atoms. The van der Waals surface area contributed by atoms with Crippen LogP contribution in [0.15, 0.2) is 53.0 Å². The van der Waals surface area contributed by atoms with E-state index >= 15 is 0 Å². The Balaban J connectivity index is 2.04. The summed E-state index contributed by atoms with van der Waals surface area (Å²) in [6, 6.07) is 15.7. The van der Waals surface area contributed by atoms with Crippen LogP contribution < -0.4 is 4.74 Å². The van der Waals surface area contributed by atoms with Gasteiger partial charge in [0.1, 0.15) is 5.75 Å². The number of halogens is 1. The van der Waals surface area contributed by atoms with Crippen molar-refractivity contribution in [1.82, 2.24) is 0 Å². The lowest BCUT2D eigenvalue weighted by Crippen LogP contribution is -2.03. The molecule has 0 spiro atoms. The Kier molecular flexibility index (Phi) is 5.62. The van der Waals surface area contributed by atoms with Crippen LogP contribution >= 0.6 is 15.9 Å². The normalized spacial score (nSPS) is 12.2. The molecule has 0 aliphatic rings. The van der Waals surface area contributed by atoms with E-state index in [4.69, 9.17) is 4.74 Å². The molecule has 106 valence electrons.